The number of likely N-dealkylation sites (tertiary alicyclic amines) is 1. The minimum Gasteiger partial charge on any atom is -0.338 e. The zero-order valence-corrected chi connectivity index (χ0v) is 11.9. The lowest BCUT2D eigenvalue weighted by Gasteiger charge is -2.21. The van der Waals surface area contributed by atoms with E-state index in [4.69, 9.17) is 5.26 Å². The predicted molar refractivity (Wildman–Crippen MR) is 76.1 cm³/mol. The van der Waals surface area contributed by atoms with Crippen molar-refractivity contribution in [3.8, 4) is 6.07 Å². The van der Waals surface area contributed by atoms with Gasteiger partial charge >= 0.3 is 0 Å². The van der Waals surface area contributed by atoms with Gasteiger partial charge < -0.3 is 9.80 Å². The lowest BCUT2D eigenvalue weighted by atomic mass is 10.1. The quantitative estimate of drug-likeness (QED) is 0.834. The van der Waals surface area contributed by atoms with Crippen molar-refractivity contribution in [1.29, 1.82) is 5.26 Å². The van der Waals surface area contributed by atoms with E-state index in [-0.39, 0.29) is 5.91 Å². The van der Waals surface area contributed by atoms with Crippen molar-refractivity contribution in [1.82, 2.24) is 9.80 Å². The molecule has 2 fully saturated rings. The summed E-state index contributed by atoms with van der Waals surface area (Å²) in [5.74, 6) is 2.09. The predicted octanol–water partition coefficient (Wildman–Crippen LogP) is 1.44. The molecule has 0 aromatic heterocycles. The molecule has 1 saturated heterocycles. The van der Waals surface area contributed by atoms with Gasteiger partial charge in [0.15, 0.2) is 0 Å². The molecule has 0 spiro atoms. The molecule has 1 heterocycles. The highest BCUT2D eigenvalue weighted by atomic mass is 16.2. The third kappa shape index (κ3) is 2.19. The first-order valence-corrected chi connectivity index (χ1v) is 7.05. The van der Waals surface area contributed by atoms with Gasteiger partial charge in [0, 0.05) is 19.6 Å². The Balaban J connectivity index is 1.66. The summed E-state index contributed by atoms with van der Waals surface area (Å²) in [5, 5.41) is 9.09. The summed E-state index contributed by atoms with van der Waals surface area (Å²) in [7, 11) is 4.19. The lowest BCUT2D eigenvalue weighted by Crippen LogP contribution is -2.33. The van der Waals surface area contributed by atoms with Crippen molar-refractivity contribution in [3.05, 3.63) is 35.4 Å². The van der Waals surface area contributed by atoms with Crippen LogP contribution < -0.4 is 0 Å². The van der Waals surface area contributed by atoms with Gasteiger partial charge in [0.25, 0.3) is 5.91 Å². The van der Waals surface area contributed by atoms with Crippen LogP contribution in [0, 0.1) is 29.1 Å². The maximum absolute atomic E-state index is 12.5. The zero-order valence-electron chi connectivity index (χ0n) is 11.9. The molecule has 1 aliphatic carbocycles. The average Bonchev–Trinajstić information content (AvgIpc) is 2.89. The lowest BCUT2D eigenvalue weighted by molar-refractivity contribution is 0.0765. The van der Waals surface area contributed by atoms with Crippen LogP contribution in [0.25, 0.3) is 0 Å². The molecule has 3 rings (SSSR count). The molecular weight excluding hydrogens is 250 g/mol. The Morgan fingerprint density at radius 2 is 2.00 bits per heavy atom. The fourth-order valence-electron chi connectivity index (χ4n) is 3.45. The smallest absolute Gasteiger partial charge is 0.255 e. The van der Waals surface area contributed by atoms with Crippen molar-refractivity contribution in [3.63, 3.8) is 0 Å². The van der Waals surface area contributed by atoms with Crippen molar-refractivity contribution >= 4 is 5.91 Å². The molecule has 4 heteroatoms. The van der Waals surface area contributed by atoms with Crippen molar-refractivity contribution < 1.29 is 4.79 Å². The first kappa shape index (κ1) is 13.1. The van der Waals surface area contributed by atoms with E-state index < -0.39 is 0 Å². The number of carbonyl (C=O) groups excluding carboxylic acids is 1. The Bertz CT molecular complexity index is 563. The highest BCUT2D eigenvalue weighted by Crippen LogP contribution is 2.52. The fourth-order valence-corrected chi connectivity index (χ4v) is 3.45. The minimum absolute atomic E-state index is 0.0120. The third-order valence-corrected chi connectivity index (χ3v) is 4.51. The minimum atomic E-state index is 0.0120. The van der Waals surface area contributed by atoms with Crippen LogP contribution in [-0.4, -0.2) is 49.4 Å². The third-order valence-electron chi connectivity index (χ3n) is 4.51. The topological polar surface area (TPSA) is 47.3 Å². The number of rotatable bonds is 3. The van der Waals surface area contributed by atoms with Crippen LogP contribution in [0.5, 0.6) is 0 Å². The SMILES string of the molecule is CN(C)CC1[C@H]2CN(C(=O)c3ccccc3C#N)C[C@@H]12. The highest BCUT2D eigenvalue weighted by Gasteiger charge is 2.56. The van der Waals surface area contributed by atoms with Crippen LogP contribution in [0.3, 0.4) is 0 Å². The summed E-state index contributed by atoms with van der Waals surface area (Å²) in [6, 6.07) is 9.18. The van der Waals surface area contributed by atoms with Crippen LogP contribution in [-0.2, 0) is 0 Å². The van der Waals surface area contributed by atoms with E-state index in [1.165, 1.54) is 0 Å². The zero-order chi connectivity index (χ0) is 14.3. The standard InChI is InChI=1S/C16H19N3O/c1-18(2)8-13-14-9-19(10-15(13)14)16(20)12-6-4-3-5-11(12)7-17/h3-6,13-15H,8-10H2,1-2H3/t13?,14-,15+. The maximum atomic E-state index is 12.5. The molecule has 0 radical (unpaired) electrons. The summed E-state index contributed by atoms with van der Waals surface area (Å²) in [5.41, 5.74) is 1.02. The molecule has 0 N–H and O–H groups in total. The number of carbonyl (C=O) groups is 1. The summed E-state index contributed by atoms with van der Waals surface area (Å²) >= 11 is 0. The van der Waals surface area contributed by atoms with Gasteiger partial charge in [0.2, 0.25) is 0 Å². The summed E-state index contributed by atoms with van der Waals surface area (Å²) in [6.07, 6.45) is 0. The molecule has 0 bridgehead atoms. The van der Waals surface area contributed by atoms with Crippen LogP contribution in [0.2, 0.25) is 0 Å². The Labute approximate surface area is 119 Å². The van der Waals surface area contributed by atoms with Crippen LogP contribution in [0.4, 0.5) is 0 Å². The molecule has 1 aromatic carbocycles. The molecule has 104 valence electrons. The second-order valence-electron chi connectivity index (χ2n) is 6.12. The first-order valence-electron chi connectivity index (χ1n) is 7.05. The van der Waals surface area contributed by atoms with Gasteiger partial charge in [-0.25, -0.2) is 0 Å². The summed E-state index contributed by atoms with van der Waals surface area (Å²) in [4.78, 5) is 16.6. The maximum Gasteiger partial charge on any atom is 0.255 e. The van der Waals surface area contributed by atoms with Crippen molar-refractivity contribution in [2.45, 2.75) is 0 Å². The van der Waals surface area contributed by atoms with Crippen LogP contribution >= 0.6 is 0 Å². The molecule has 2 aliphatic rings. The van der Waals surface area contributed by atoms with Gasteiger partial charge in [-0.2, -0.15) is 5.26 Å². The Morgan fingerprint density at radius 3 is 2.60 bits per heavy atom. The number of piperidine rings is 1. The second-order valence-corrected chi connectivity index (χ2v) is 6.12. The van der Waals surface area contributed by atoms with Gasteiger partial charge in [0.05, 0.1) is 17.2 Å². The Hall–Kier alpha value is -1.86. The number of benzene rings is 1. The molecule has 4 nitrogen and oxygen atoms in total. The van der Waals surface area contributed by atoms with Gasteiger partial charge in [-0.1, -0.05) is 12.1 Å². The van der Waals surface area contributed by atoms with Crippen molar-refractivity contribution in [2.24, 2.45) is 17.8 Å². The normalized spacial score (nSPS) is 27.3. The molecular formula is C16H19N3O. The van der Waals surface area contributed by atoms with E-state index in [0.29, 0.717) is 23.0 Å². The number of hydrogen-bond acceptors (Lipinski definition) is 3. The average molecular weight is 269 g/mol. The molecule has 3 atom stereocenters. The molecule has 1 amide bonds. The van der Waals surface area contributed by atoms with Crippen molar-refractivity contribution in [2.75, 3.05) is 33.7 Å². The first-order chi connectivity index (χ1) is 9.61. The highest BCUT2D eigenvalue weighted by molar-refractivity contribution is 5.96. The number of nitriles is 1. The number of nitrogens with zero attached hydrogens (tertiary/aromatic N) is 3. The Kier molecular flexibility index (Phi) is 3.23. The van der Waals surface area contributed by atoms with Gasteiger partial charge in [-0.3, -0.25) is 4.79 Å². The van der Waals surface area contributed by atoms with E-state index in [9.17, 15) is 4.79 Å². The second kappa shape index (κ2) is 4.92. The number of hydrogen-bond donors (Lipinski definition) is 0. The summed E-state index contributed by atoms with van der Waals surface area (Å²) in [6.45, 7) is 2.82. The molecule has 20 heavy (non-hydrogen) atoms. The summed E-state index contributed by atoms with van der Waals surface area (Å²) < 4.78 is 0. The van der Waals surface area contributed by atoms with Crippen LogP contribution in [0.15, 0.2) is 24.3 Å². The van der Waals surface area contributed by atoms with E-state index in [1.807, 2.05) is 11.0 Å². The molecule has 1 unspecified atom stereocenters. The van der Waals surface area contributed by atoms with Gasteiger partial charge in [0.1, 0.15) is 0 Å². The number of fused-ring (bicyclic) bond motifs is 1. The monoisotopic (exact) mass is 269 g/mol. The van der Waals surface area contributed by atoms with Gasteiger partial charge in [-0.15, -0.1) is 0 Å². The fraction of sp³-hybridized carbons (Fsp3) is 0.500. The van der Waals surface area contributed by atoms with Crippen LogP contribution in [0.1, 0.15) is 15.9 Å². The largest absolute Gasteiger partial charge is 0.338 e. The molecule has 1 aliphatic heterocycles. The van der Waals surface area contributed by atoms with E-state index in [1.54, 1.807) is 18.2 Å². The molecule has 1 aromatic rings. The van der Waals surface area contributed by atoms with E-state index in [2.05, 4.69) is 25.1 Å². The number of amides is 1. The van der Waals surface area contributed by atoms with E-state index in [0.717, 1.165) is 25.6 Å². The Morgan fingerprint density at radius 1 is 1.35 bits per heavy atom. The van der Waals surface area contributed by atoms with E-state index >= 15 is 0 Å². The van der Waals surface area contributed by atoms with Gasteiger partial charge in [-0.05, 0) is 44.0 Å². The molecule has 1 saturated carbocycles.